The lowest BCUT2D eigenvalue weighted by atomic mass is 10.1. The third-order valence-electron chi connectivity index (χ3n) is 6.75. The average molecular weight is 587 g/mol. The van der Waals surface area contributed by atoms with Crippen LogP contribution in [0.1, 0.15) is 45.7 Å². The van der Waals surface area contributed by atoms with Gasteiger partial charge in [0.2, 0.25) is 0 Å². The van der Waals surface area contributed by atoms with Crippen LogP contribution in [-0.2, 0) is 4.74 Å². The monoisotopic (exact) mass is 586 g/mol. The molecule has 224 valence electrons. The highest BCUT2D eigenvalue weighted by molar-refractivity contribution is 5.86. The lowest BCUT2D eigenvalue weighted by Gasteiger charge is -2.30. The molecule has 0 saturated carbocycles. The summed E-state index contributed by atoms with van der Waals surface area (Å²) >= 11 is 0. The lowest BCUT2D eigenvalue weighted by Crippen LogP contribution is -2.42. The minimum Gasteiger partial charge on any atom is -0.489 e. The second-order valence-corrected chi connectivity index (χ2v) is 11.5. The summed E-state index contributed by atoms with van der Waals surface area (Å²) in [5, 5.41) is 21.5. The summed E-state index contributed by atoms with van der Waals surface area (Å²) in [6.45, 7) is 7.00. The van der Waals surface area contributed by atoms with E-state index >= 15 is 0 Å². The Labute approximate surface area is 240 Å². The van der Waals surface area contributed by atoms with E-state index in [1.165, 1.54) is 27.6 Å². The number of amides is 1. The zero-order chi connectivity index (χ0) is 30.2. The summed E-state index contributed by atoms with van der Waals surface area (Å²) in [5.74, 6) is 0.733. The number of rotatable bonds is 7. The molecule has 1 aromatic carbocycles. The van der Waals surface area contributed by atoms with Gasteiger partial charge < -0.3 is 19.9 Å². The van der Waals surface area contributed by atoms with E-state index in [-0.39, 0.29) is 31.1 Å². The largest absolute Gasteiger partial charge is 0.489 e. The summed E-state index contributed by atoms with van der Waals surface area (Å²) in [5.41, 5.74) is 0.579. The Balaban J connectivity index is 1.45. The van der Waals surface area contributed by atoms with E-state index in [0.29, 0.717) is 29.0 Å². The number of nitrogens with one attached hydrogen (secondary N) is 1. The summed E-state index contributed by atoms with van der Waals surface area (Å²) in [4.78, 5) is 18.2. The van der Waals surface area contributed by atoms with Gasteiger partial charge in [0.15, 0.2) is 11.5 Å². The van der Waals surface area contributed by atoms with Crippen molar-refractivity contribution in [2.45, 2.75) is 64.1 Å². The Morgan fingerprint density at radius 1 is 1.14 bits per heavy atom. The van der Waals surface area contributed by atoms with Gasteiger partial charge in [-0.2, -0.15) is 13.2 Å². The number of aromatic nitrogens is 4. The molecule has 2 N–H and O–H groups in total. The number of likely N-dealkylation sites (tertiary alicyclic amines) is 1. The highest BCUT2D eigenvalue weighted by Gasteiger charge is 2.47. The molecular formula is C29H33F3N6O4. The number of fused-ring (bicyclic) bond motifs is 2. The number of benzene rings is 1. The van der Waals surface area contributed by atoms with Crippen LogP contribution in [-0.4, -0.2) is 79.3 Å². The molecule has 13 heteroatoms. The first-order valence-corrected chi connectivity index (χ1v) is 13.6. The molecule has 0 unspecified atom stereocenters. The summed E-state index contributed by atoms with van der Waals surface area (Å²) < 4.78 is 56.1. The number of carbonyl (C=O) groups is 1. The minimum atomic E-state index is -4.58. The SMILES string of the molecule is C[C@@H](O)COc1cccc2ccc(-c3nnc4ccc([C@@H](N5CC[C@H](NC(=O)OC(C)(C)C)C5)C(F)(F)F)cn34)nc12. The second kappa shape index (κ2) is 11.4. The third kappa shape index (κ3) is 6.57. The normalized spacial score (nSPS) is 17.9. The van der Waals surface area contributed by atoms with Crippen molar-refractivity contribution in [3.05, 3.63) is 54.2 Å². The number of ether oxygens (including phenoxy) is 2. The molecule has 5 rings (SSSR count). The predicted molar refractivity (Wildman–Crippen MR) is 149 cm³/mol. The van der Waals surface area contributed by atoms with Crippen LogP contribution in [0.15, 0.2) is 48.7 Å². The molecule has 10 nitrogen and oxygen atoms in total. The molecule has 1 aliphatic heterocycles. The van der Waals surface area contributed by atoms with Crippen molar-refractivity contribution >= 4 is 22.6 Å². The molecule has 0 radical (unpaired) electrons. The van der Waals surface area contributed by atoms with Crippen molar-refractivity contribution in [2.24, 2.45) is 0 Å². The Kier molecular flexibility index (Phi) is 7.99. The van der Waals surface area contributed by atoms with Crippen molar-refractivity contribution in [2.75, 3.05) is 19.7 Å². The summed E-state index contributed by atoms with van der Waals surface area (Å²) in [6, 6.07) is 9.44. The Morgan fingerprint density at radius 2 is 1.93 bits per heavy atom. The van der Waals surface area contributed by atoms with Crippen molar-refractivity contribution < 1.29 is 32.5 Å². The van der Waals surface area contributed by atoms with Crippen LogP contribution in [0.3, 0.4) is 0 Å². The lowest BCUT2D eigenvalue weighted by molar-refractivity contribution is -0.184. The summed E-state index contributed by atoms with van der Waals surface area (Å²) in [7, 11) is 0. The van der Waals surface area contributed by atoms with Crippen LogP contribution in [0.4, 0.5) is 18.0 Å². The van der Waals surface area contributed by atoms with Crippen molar-refractivity contribution in [3.63, 3.8) is 0 Å². The predicted octanol–water partition coefficient (Wildman–Crippen LogP) is 4.91. The number of hydrogen-bond donors (Lipinski definition) is 2. The van der Waals surface area contributed by atoms with Gasteiger partial charge in [-0.3, -0.25) is 9.30 Å². The minimum absolute atomic E-state index is 0.00992. The molecule has 1 fully saturated rings. The molecule has 3 aromatic heterocycles. The van der Waals surface area contributed by atoms with Crippen LogP contribution in [0.25, 0.3) is 28.1 Å². The molecule has 1 aliphatic rings. The fraction of sp³-hybridized carbons (Fsp3) is 0.448. The zero-order valence-corrected chi connectivity index (χ0v) is 23.7. The van der Waals surface area contributed by atoms with Gasteiger partial charge in [0, 0.05) is 30.7 Å². The van der Waals surface area contributed by atoms with Crippen LogP contribution < -0.4 is 10.1 Å². The quantitative estimate of drug-likeness (QED) is 0.314. The molecule has 3 atom stereocenters. The molecule has 0 spiro atoms. The first-order valence-electron chi connectivity index (χ1n) is 13.6. The van der Waals surface area contributed by atoms with Gasteiger partial charge in [-0.1, -0.05) is 24.3 Å². The van der Waals surface area contributed by atoms with E-state index in [1.807, 2.05) is 18.2 Å². The number of alkyl halides is 3. The van der Waals surface area contributed by atoms with Gasteiger partial charge in [0.1, 0.15) is 35.2 Å². The number of pyridine rings is 2. The number of nitrogens with zero attached hydrogens (tertiary/aromatic N) is 5. The van der Waals surface area contributed by atoms with E-state index < -0.39 is 36.1 Å². The van der Waals surface area contributed by atoms with E-state index in [9.17, 15) is 23.1 Å². The molecule has 1 amide bonds. The number of hydrogen-bond acceptors (Lipinski definition) is 8. The standard InChI is InChI=1S/C29H33F3N6O4/c1-17(39)16-41-22-7-5-6-18-8-10-21(34-24(18)22)26-36-35-23-11-9-19(14-38(23)26)25(29(30,31)32)37-13-12-20(15-37)33-27(40)42-28(2,3)4/h5-11,14,17,20,25,39H,12-13,15-16H2,1-4H3,(H,33,40)/t17-,20+,25-/m1/s1. The number of alkyl carbamates (subject to hydrolysis) is 1. The molecule has 1 saturated heterocycles. The molecule has 0 bridgehead atoms. The maximum atomic E-state index is 14.5. The highest BCUT2D eigenvalue weighted by Crippen LogP contribution is 2.40. The van der Waals surface area contributed by atoms with Crippen molar-refractivity contribution in [1.82, 2.24) is 29.8 Å². The van der Waals surface area contributed by atoms with Gasteiger partial charge in [-0.05, 0) is 57.9 Å². The second-order valence-electron chi connectivity index (χ2n) is 11.5. The smallest absolute Gasteiger partial charge is 0.408 e. The topological polar surface area (TPSA) is 114 Å². The van der Waals surface area contributed by atoms with E-state index in [1.54, 1.807) is 39.8 Å². The Bertz CT molecular complexity index is 1580. The Morgan fingerprint density at radius 3 is 2.64 bits per heavy atom. The zero-order valence-electron chi connectivity index (χ0n) is 23.7. The average Bonchev–Trinajstić information content (AvgIpc) is 3.52. The van der Waals surface area contributed by atoms with Crippen LogP contribution >= 0.6 is 0 Å². The van der Waals surface area contributed by atoms with E-state index in [2.05, 4.69) is 15.5 Å². The number of para-hydroxylation sites is 1. The number of carbonyl (C=O) groups excluding carboxylic acids is 1. The van der Waals surface area contributed by atoms with Crippen molar-refractivity contribution in [3.8, 4) is 17.3 Å². The highest BCUT2D eigenvalue weighted by atomic mass is 19.4. The Hall–Kier alpha value is -3.97. The van der Waals surface area contributed by atoms with Crippen LogP contribution in [0.2, 0.25) is 0 Å². The first kappa shape index (κ1) is 29.5. The van der Waals surface area contributed by atoms with Crippen LogP contribution in [0, 0.1) is 0 Å². The maximum Gasteiger partial charge on any atom is 0.408 e. The number of aliphatic hydroxyl groups excluding tert-OH is 1. The summed E-state index contributed by atoms with van der Waals surface area (Å²) in [6.07, 6.45) is -4.18. The van der Waals surface area contributed by atoms with Gasteiger partial charge in [0.25, 0.3) is 0 Å². The molecular weight excluding hydrogens is 553 g/mol. The van der Waals surface area contributed by atoms with Gasteiger partial charge in [-0.25, -0.2) is 9.78 Å². The fourth-order valence-corrected chi connectivity index (χ4v) is 5.04. The van der Waals surface area contributed by atoms with Gasteiger partial charge in [0.05, 0.1) is 6.10 Å². The molecule has 4 aromatic rings. The van der Waals surface area contributed by atoms with E-state index in [4.69, 9.17) is 14.5 Å². The number of aliphatic hydroxyl groups is 1. The van der Waals surface area contributed by atoms with Gasteiger partial charge in [-0.15, -0.1) is 10.2 Å². The van der Waals surface area contributed by atoms with E-state index in [0.717, 1.165) is 5.39 Å². The van der Waals surface area contributed by atoms with Gasteiger partial charge >= 0.3 is 12.3 Å². The maximum absolute atomic E-state index is 14.5. The van der Waals surface area contributed by atoms with Crippen molar-refractivity contribution in [1.29, 1.82) is 0 Å². The molecule has 0 aliphatic carbocycles. The number of halogens is 3. The fourth-order valence-electron chi connectivity index (χ4n) is 5.04. The molecule has 42 heavy (non-hydrogen) atoms. The van der Waals surface area contributed by atoms with Crippen LogP contribution in [0.5, 0.6) is 5.75 Å². The third-order valence-corrected chi connectivity index (χ3v) is 6.75. The first-order chi connectivity index (χ1) is 19.8. The molecule has 4 heterocycles.